The molecule has 0 aromatic heterocycles. The number of aliphatic hydroxyl groups is 1. The molecule has 1 aromatic carbocycles. The number of rotatable bonds is 7. The van der Waals surface area contributed by atoms with Gasteiger partial charge in [-0.3, -0.25) is 4.79 Å². The van der Waals surface area contributed by atoms with Gasteiger partial charge in [-0.05, 0) is 43.6 Å². The average Bonchev–Trinajstić information content (AvgIpc) is 3.27. The van der Waals surface area contributed by atoms with E-state index in [2.05, 4.69) is 12.1 Å². The SMILES string of the molecule is O=C(COCC1CC1)N1CCCC1(CO)Cc1ccccc1. The van der Waals surface area contributed by atoms with Gasteiger partial charge in [0.1, 0.15) is 6.61 Å². The Morgan fingerprint density at radius 2 is 2.09 bits per heavy atom. The van der Waals surface area contributed by atoms with Crippen LogP contribution in [-0.2, 0) is 16.0 Å². The van der Waals surface area contributed by atoms with Gasteiger partial charge in [0.05, 0.1) is 18.8 Å². The number of amides is 1. The van der Waals surface area contributed by atoms with E-state index in [1.54, 1.807) is 0 Å². The Balaban J connectivity index is 1.64. The first-order valence-corrected chi connectivity index (χ1v) is 8.26. The van der Waals surface area contributed by atoms with Crippen LogP contribution in [0, 0.1) is 5.92 Å². The molecular formula is C18H25NO3. The van der Waals surface area contributed by atoms with E-state index in [0.717, 1.165) is 24.9 Å². The van der Waals surface area contributed by atoms with Crippen molar-refractivity contribution in [2.75, 3.05) is 26.4 Å². The number of carbonyl (C=O) groups is 1. The van der Waals surface area contributed by atoms with E-state index in [9.17, 15) is 9.90 Å². The van der Waals surface area contributed by atoms with Crippen LogP contribution in [0.3, 0.4) is 0 Å². The topological polar surface area (TPSA) is 49.8 Å². The zero-order chi connectivity index (χ0) is 15.4. The van der Waals surface area contributed by atoms with Gasteiger partial charge in [0.15, 0.2) is 0 Å². The fourth-order valence-electron chi connectivity index (χ4n) is 3.38. The van der Waals surface area contributed by atoms with E-state index in [1.165, 1.54) is 12.8 Å². The number of carbonyl (C=O) groups excluding carboxylic acids is 1. The minimum absolute atomic E-state index is 0.0102. The fourth-order valence-corrected chi connectivity index (χ4v) is 3.38. The van der Waals surface area contributed by atoms with Crippen molar-refractivity contribution < 1.29 is 14.6 Å². The average molecular weight is 303 g/mol. The summed E-state index contributed by atoms with van der Waals surface area (Å²) in [5, 5.41) is 9.99. The Hall–Kier alpha value is -1.39. The van der Waals surface area contributed by atoms with Crippen molar-refractivity contribution >= 4 is 5.91 Å². The monoisotopic (exact) mass is 303 g/mol. The van der Waals surface area contributed by atoms with Gasteiger partial charge in [-0.2, -0.15) is 0 Å². The molecule has 1 saturated heterocycles. The molecule has 1 aliphatic carbocycles. The molecule has 4 heteroatoms. The Morgan fingerprint density at radius 3 is 2.77 bits per heavy atom. The summed E-state index contributed by atoms with van der Waals surface area (Å²) in [5.41, 5.74) is 0.705. The molecule has 1 saturated carbocycles. The number of ether oxygens (including phenoxy) is 1. The summed E-state index contributed by atoms with van der Waals surface area (Å²) in [6.07, 6.45) is 4.96. The number of likely N-dealkylation sites (tertiary alicyclic amines) is 1. The largest absolute Gasteiger partial charge is 0.394 e. The maximum atomic E-state index is 12.5. The van der Waals surface area contributed by atoms with Gasteiger partial charge in [0, 0.05) is 6.54 Å². The standard InChI is InChI=1S/C18H25NO3/c20-14-18(11-15-5-2-1-3-6-15)9-4-10-19(18)17(21)13-22-12-16-7-8-16/h1-3,5-6,16,20H,4,7-14H2. The Labute approximate surface area is 132 Å². The Bertz CT molecular complexity index is 500. The number of hydrogen-bond acceptors (Lipinski definition) is 3. The van der Waals surface area contributed by atoms with E-state index in [-0.39, 0.29) is 19.1 Å². The van der Waals surface area contributed by atoms with Gasteiger partial charge in [-0.25, -0.2) is 0 Å². The summed E-state index contributed by atoms with van der Waals surface area (Å²) in [4.78, 5) is 14.4. The molecule has 2 fully saturated rings. The zero-order valence-corrected chi connectivity index (χ0v) is 13.0. The lowest BCUT2D eigenvalue weighted by atomic mass is 9.89. The lowest BCUT2D eigenvalue weighted by Gasteiger charge is -2.37. The molecular weight excluding hydrogens is 278 g/mol. The van der Waals surface area contributed by atoms with Crippen LogP contribution in [0.1, 0.15) is 31.2 Å². The van der Waals surface area contributed by atoms with E-state index < -0.39 is 5.54 Å². The first-order valence-electron chi connectivity index (χ1n) is 8.26. The highest BCUT2D eigenvalue weighted by Gasteiger charge is 2.43. The Kier molecular flexibility index (Phi) is 4.79. The van der Waals surface area contributed by atoms with Gasteiger partial charge in [-0.15, -0.1) is 0 Å². The molecule has 1 N–H and O–H groups in total. The van der Waals surface area contributed by atoms with Crippen molar-refractivity contribution in [3.05, 3.63) is 35.9 Å². The van der Waals surface area contributed by atoms with Gasteiger partial charge >= 0.3 is 0 Å². The van der Waals surface area contributed by atoms with Crippen molar-refractivity contribution in [3.8, 4) is 0 Å². The van der Waals surface area contributed by atoms with Crippen LogP contribution in [-0.4, -0.2) is 47.8 Å². The number of benzene rings is 1. The number of nitrogens with zero attached hydrogens (tertiary/aromatic N) is 1. The van der Waals surface area contributed by atoms with E-state index in [0.29, 0.717) is 18.9 Å². The van der Waals surface area contributed by atoms with Crippen molar-refractivity contribution in [3.63, 3.8) is 0 Å². The van der Waals surface area contributed by atoms with Crippen LogP contribution in [0.25, 0.3) is 0 Å². The molecule has 3 rings (SSSR count). The first-order chi connectivity index (χ1) is 10.7. The molecule has 1 amide bonds. The minimum Gasteiger partial charge on any atom is -0.394 e. The van der Waals surface area contributed by atoms with E-state index in [1.807, 2.05) is 23.1 Å². The van der Waals surface area contributed by atoms with Crippen LogP contribution >= 0.6 is 0 Å². The molecule has 1 aromatic rings. The number of hydrogen-bond donors (Lipinski definition) is 1. The summed E-state index contributed by atoms with van der Waals surface area (Å²) in [5.74, 6) is 0.682. The van der Waals surface area contributed by atoms with Gasteiger partial charge in [-0.1, -0.05) is 30.3 Å². The molecule has 0 spiro atoms. The maximum absolute atomic E-state index is 12.5. The van der Waals surface area contributed by atoms with Gasteiger partial charge < -0.3 is 14.7 Å². The highest BCUT2D eigenvalue weighted by atomic mass is 16.5. The third kappa shape index (κ3) is 3.50. The molecule has 0 radical (unpaired) electrons. The van der Waals surface area contributed by atoms with E-state index in [4.69, 9.17) is 4.74 Å². The molecule has 1 unspecified atom stereocenters. The highest BCUT2D eigenvalue weighted by molar-refractivity contribution is 5.78. The van der Waals surface area contributed by atoms with Crippen molar-refractivity contribution in [2.45, 2.75) is 37.6 Å². The van der Waals surface area contributed by atoms with Crippen LogP contribution in [0.5, 0.6) is 0 Å². The molecule has 120 valence electrons. The van der Waals surface area contributed by atoms with Gasteiger partial charge in [0.25, 0.3) is 0 Å². The smallest absolute Gasteiger partial charge is 0.249 e. The van der Waals surface area contributed by atoms with Crippen LogP contribution in [0.2, 0.25) is 0 Å². The summed E-state index contributed by atoms with van der Waals surface area (Å²) in [6, 6.07) is 10.1. The normalized spacial score (nSPS) is 24.7. The molecule has 4 nitrogen and oxygen atoms in total. The Morgan fingerprint density at radius 1 is 1.32 bits per heavy atom. The zero-order valence-electron chi connectivity index (χ0n) is 13.0. The lowest BCUT2D eigenvalue weighted by molar-refractivity contribution is -0.142. The minimum atomic E-state index is -0.457. The van der Waals surface area contributed by atoms with Crippen molar-refractivity contribution in [1.29, 1.82) is 0 Å². The van der Waals surface area contributed by atoms with Crippen molar-refractivity contribution in [1.82, 2.24) is 4.90 Å². The summed E-state index contributed by atoms with van der Waals surface area (Å²) >= 11 is 0. The molecule has 1 aliphatic heterocycles. The third-order valence-corrected chi connectivity index (χ3v) is 4.84. The molecule has 2 aliphatic rings. The second-order valence-electron chi connectivity index (χ2n) is 6.65. The van der Waals surface area contributed by atoms with Crippen LogP contribution in [0.15, 0.2) is 30.3 Å². The van der Waals surface area contributed by atoms with Crippen LogP contribution in [0.4, 0.5) is 0 Å². The predicted octanol–water partition coefficient (Wildman–Crippen LogP) is 2.01. The van der Waals surface area contributed by atoms with Crippen LogP contribution < -0.4 is 0 Å². The number of aliphatic hydroxyl groups excluding tert-OH is 1. The second kappa shape index (κ2) is 6.80. The lowest BCUT2D eigenvalue weighted by Crippen LogP contribution is -2.52. The first kappa shape index (κ1) is 15.5. The van der Waals surface area contributed by atoms with Crippen molar-refractivity contribution in [2.24, 2.45) is 5.92 Å². The molecule has 1 heterocycles. The second-order valence-corrected chi connectivity index (χ2v) is 6.65. The quantitative estimate of drug-likeness (QED) is 0.838. The fraction of sp³-hybridized carbons (Fsp3) is 0.611. The summed E-state index contributed by atoms with van der Waals surface area (Å²) < 4.78 is 5.55. The molecule has 0 bridgehead atoms. The summed E-state index contributed by atoms with van der Waals surface area (Å²) in [6.45, 7) is 1.58. The van der Waals surface area contributed by atoms with E-state index >= 15 is 0 Å². The molecule has 1 atom stereocenters. The summed E-state index contributed by atoms with van der Waals surface area (Å²) in [7, 11) is 0. The molecule has 22 heavy (non-hydrogen) atoms. The maximum Gasteiger partial charge on any atom is 0.249 e. The van der Waals surface area contributed by atoms with Gasteiger partial charge in [0.2, 0.25) is 5.91 Å². The third-order valence-electron chi connectivity index (χ3n) is 4.84. The predicted molar refractivity (Wildman–Crippen MR) is 84.5 cm³/mol. The highest BCUT2D eigenvalue weighted by Crippen LogP contribution is 2.33.